The highest BCUT2D eigenvalue weighted by Gasteiger charge is 2.23. The molecule has 1 N–H and O–H groups in total. The number of nitrogens with zero attached hydrogens (tertiary/aromatic N) is 3. The van der Waals surface area contributed by atoms with Gasteiger partial charge in [0.2, 0.25) is 5.91 Å². The molecule has 3 rings (SSSR count). The summed E-state index contributed by atoms with van der Waals surface area (Å²) in [6.07, 6.45) is 5.73. The van der Waals surface area contributed by atoms with E-state index >= 15 is 0 Å². The standard InChI is InChI=1S/C21H32N4O2S2/c1-5-15-8-9-17-16(12-15)13-18(29-17)19-23-24-21(25(19)4)28-14(3)20(26)22-10-7-11-27-6-2/h13-15H,5-12H2,1-4H3,(H,22,26). The van der Waals surface area contributed by atoms with E-state index in [2.05, 4.69) is 28.5 Å². The lowest BCUT2D eigenvalue weighted by molar-refractivity contribution is -0.120. The molecule has 2 aromatic heterocycles. The molecule has 2 atom stereocenters. The normalized spacial score (nSPS) is 17.2. The first-order valence-corrected chi connectivity index (χ1v) is 12.3. The monoisotopic (exact) mass is 436 g/mol. The van der Waals surface area contributed by atoms with E-state index in [0.717, 1.165) is 23.3 Å². The molecule has 0 saturated heterocycles. The van der Waals surface area contributed by atoms with Crippen LogP contribution in [0.25, 0.3) is 10.7 Å². The molecule has 29 heavy (non-hydrogen) atoms. The van der Waals surface area contributed by atoms with Gasteiger partial charge in [0.25, 0.3) is 0 Å². The molecule has 2 heterocycles. The van der Waals surface area contributed by atoms with Crippen LogP contribution in [0, 0.1) is 5.92 Å². The third-order valence-corrected chi connectivity index (χ3v) is 7.80. The number of rotatable bonds is 10. The number of aromatic nitrogens is 3. The molecule has 0 saturated carbocycles. The van der Waals surface area contributed by atoms with Crippen LogP contribution in [0.1, 0.15) is 50.5 Å². The van der Waals surface area contributed by atoms with E-state index in [-0.39, 0.29) is 11.2 Å². The van der Waals surface area contributed by atoms with Gasteiger partial charge in [-0.05, 0) is 57.1 Å². The Morgan fingerprint density at radius 2 is 2.28 bits per heavy atom. The average Bonchev–Trinajstić information content (AvgIpc) is 3.30. The van der Waals surface area contributed by atoms with Gasteiger partial charge in [-0.1, -0.05) is 25.1 Å². The predicted molar refractivity (Wildman–Crippen MR) is 120 cm³/mol. The minimum atomic E-state index is -0.223. The Balaban J connectivity index is 1.60. The third kappa shape index (κ3) is 5.61. The van der Waals surface area contributed by atoms with Crippen molar-refractivity contribution in [3.8, 4) is 10.7 Å². The predicted octanol–water partition coefficient (Wildman–Crippen LogP) is 4.08. The highest BCUT2D eigenvalue weighted by atomic mass is 32.2. The van der Waals surface area contributed by atoms with Crippen LogP contribution in [0.3, 0.4) is 0 Å². The van der Waals surface area contributed by atoms with Crippen LogP contribution in [0.2, 0.25) is 0 Å². The van der Waals surface area contributed by atoms with Crippen LogP contribution in [0.4, 0.5) is 0 Å². The molecule has 0 fully saturated rings. The summed E-state index contributed by atoms with van der Waals surface area (Å²) in [4.78, 5) is 15.0. The van der Waals surface area contributed by atoms with Crippen LogP contribution in [-0.4, -0.2) is 45.7 Å². The van der Waals surface area contributed by atoms with Crippen molar-refractivity contribution < 1.29 is 9.53 Å². The first-order chi connectivity index (χ1) is 14.0. The Morgan fingerprint density at radius 3 is 3.03 bits per heavy atom. The van der Waals surface area contributed by atoms with Crippen molar-refractivity contribution in [2.45, 2.75) is 63.3 Å². The first kappa shape index (κ1) is 22.3. The Labute approximate surface area is 181 Å². The molecule has 1 aliphatic carbocycles. The second-order valence-corrected chi connectivity index (χ2v) is 9.99. The Kier molecular flexibility index (Phi) is 8.15. The molecule has 0 aromatic carbocycles. The summed E-state index contributed by atoms with van der Waals surface area (Å²) in [6, 6.07) is 2.30. The van der Waals surface area contributed by atoms with Crippen molar-refractivity contribution in [2.24, 2.45) is 13.0 Å². The number of nitrogens with one attached hydrogen (secondary N) is 1. The van der Waals surface area contributed by atoms with E-state index < -0.39 is 0 Å². The van der Waals surface area contributed by atoms with Gasteiger partial charge in [-0.15, -0.1) is 21.5 Å². The molecule has 8 heteroatoms. The van der Waals surface area contributed by atoms with E-state index in [1.807, 2.05) is 36.8 Å². The number of thiophene rings is 1. The smallest absolute Gasteiger partial charge is 0.233 e. The summed E-state index contributed by atoms with van der Waals surface area (Å²) >= 11 is 3.30. The molecule has 1 amide bonds. The molecule has 2 aromatic rings. The maximum absolute atomic E-state index is 12.3. The van der Waals surface area contributed by atoms with Crippen molar-refractivity contribution in [1.82, 2.24) is 20.1 Å². The lowest BCUT2D eigenvalue weighted by atomic mass is 9.87. The molecule has 1 aliphatic rings. The zero-order valence-corrected chi connectivity index (χ0v) is 19.5. The number of aryl methyl sites for hydroxylation is 1. The summed E-state index contributed by atoms with van der Waals surface area (Å²) < 4.78 is 7.31. The summed E-state index contributed by atoms with van der Waals surface area (Å²) in [6.45, 7) is 8.18. The van der Waals surface area contributed by atoms with Crippen molar-refractivity contribution in [3.63, 3.8) is 0 Å². The second kappa shape index (κ2) is 10.6. The molecule has 0 bridgehead atoms. The number of thioether (sulfide) groups is 1. The summed E-state index contributed by atoms with van der Waals surface area (Å²) in [7, 11) is 1.98. The fourth-order valence-electron chi connectivity index (χ4n) is 3.58. The van der Waals surface area contributed by atoms with Gasteiger partial charge in [0.15, 0.2) is 11.0 Å². The van der Waals surface area contributed by atoms with Gasteiger partial charge in [0.1, 0.15) is 0 Å². The van der Waals surface area contributed by atoms with Gasteiger partial charge in [-0.3, -0.25) is 4.79 Å². The van der Waals surface area contributed by atoms with Gasteiger partial charge in [-0.25, -0.2) is 0 Å². The van der Waals surface area contributed by atoms with Crippen LogP contribution >= 0.6 is 23.1 Å². The molecule has 6 nitrogen and oxygen atoms in total. The maximum atomic E-state index is 12.3. The van der Waals surface area contributed by atoms with E-state index in [4.69, 9.17) is 4.74 Å². The van der Waals surface area contributed by atoms with Crippen molar-refractivity contribution in [3.05, 3.63) is 16.5 Å². The molecule has 0 radical (unpaired) electrons. The molecule has 0 aliphatic heterocycles. The molecule has 160 valence electrons. The molecular weight excluding hydrogens is 404 g/mol. The van der Waals surface area contributed by atoms with Crippen LogP contribution in [0.15, 0.2) is 11.2 Å². The zero-order valence-electron chi connectivity index (χ0n) is 17.9. The maximum Gasteiger partial charge on any atom is 0.233 e. The number of fused-ring (bicyclic) bond motifs is 1. The highest BCUT2D eigenvalue weighted by molar-refractivity contribution is 8.00. The fourth-order valence-corrected chi connectivity index (χ4v) is 5.64. The lowest BCUT2D eigenvalue weighted by Gasteiger charge is -2.19. The van der Waals surface area contributed by atoms with Crippen molar-refractivity contribution in [1.29, 1.82) is 0 Å². The number of hydrogen-bond donors (Lipinski definition) is 1. The number of carbonyl (C=O) groups excluding carboxylic acids is 1. The Hall–Kier alpha value is -1.38. The number of hydrogen-bond acceptors (Lipinski definition) is 6. The van der Waals surface area contributed by atoms with E-state index in [0.29, 0.717) is 19.8 Å². The number of amides is 1. The SMILES string of the molecule is CCOCCCNC(=O)C(C)Sc1nnc(-c2cc3c(s2)CCC(CC)C3)n1C. The topological polar surface area (TPSA) is 69.0 Å². The molecular formula is C21H32N4O2S2. The summed E-state index contributed by atoms with van der Waals surface area (Å²) in [5, 5.41) is 12.3. The highest BCUT2D eigenvalue weighted by Crippen LogP contribution is 2.38. The van der Waals surface area contributed by atoms with Gasteiger partial charge in [-0.2, -0.15) is 0 Å². The largest absolute Gasteiger partial charge is 0.382 e. The van der Waals surface area contributed by atoms with E-state index in [9.17, 15) is 4.79 Å². The minimum Gasteiger partial charge on any atom is -0.382 e. The van der Waals surface area contributed by atoms with Gasteiger partial charge < -0.3 is 14.6 Å². The lowest BCUT2D eigenvalue weighted by Crippen LogP contribution is -2.32. The van der Waals surface area contributed by atoms with Crippen LogP contribution < -0.4 is 5.32 Å². The van der Waals surface area contributed by atoms with Gasteiger partial charge in [0, 0.05) is 31.7 Å². The second-order valence-electron chi connectivity index (χ2n) is 7.54. The van der Waals surface area contributed by atoms with Crippen molar-refractivity contribution >= 4 is 29.0 Å². The third-order valence-electron chi connectivity index (χ3n) is 5.44. The van der Waals surface area contributed by atoms with E-state index in [1.54, 1.807) is 0 Å². The van der Waals surface area contributed by atoms with Crippen molar-refractivity contribution in [2.75, 3.05) is 19.8 Å². The van der Waals surface area contributed by atoms with E-state index in [1.165, 1.54) is 52.8 Å². The summed E-state index contributed by atoms with van der Waals surface area (Å²) in [5.74, 6) is 1.72. The van der Waals surface area contributed by atoms with Gasteiger partial charge >= 0.3 is 0 Å². The molecule has 2 unspecified atom stereocenters. The first-order valence-electron chi connectivity index (χ1n) is 10.6. The van der Waals surface area contributed by atoms with Crippen LogP contribution in [-0.2, 0) is 29.4 Å². The Bertz CT molecular complexity index is 818. The minimum absolute atomic E-state index is 0.0215. The fraction of sp³-hybridized carbons (Fsp3) is 0.667. The average molecular weight is 437 g/mol. The number of ether oxygens (including phenoxy) is 1. The zero-order chi connectivity index (χ0) is 20.8. The number of carbonyl (C=O) groups is 1. The molecule has 0 spiro atoms. The van der Waals surface area contributed by atoms with Gasteiger partial charge in [0.05, 0.1) is 10.1 Å². The summed E-state index contributed by atoms with van der Waals surface area (Å²) in [5.41, 5.74) is 1.49. The Morgan fingerprint density at radius 1 is 1.45 bits per heavy atom. The quantitative estimate of drug-likeness (QED) is 0.449. The van der Waals surface area contributed by atoms with Crippen LogP contribution in [0.5, 0.6) is 0 Å².